The van der Waals surface area contributed by atoms with Crippen molar-refractivity contribution < 1.29 is 4.39 Å². The molecule has 0 fully saturated rings. The maximum absolute atomic E-state index is 13.3. The number of fused-ring (bicyclic) bond motifs is 1. The highest BCUT2D eigenvalue weighted by Gasteiger charge is 2.11. The Kier molecular flexibility index (Phi) is 3.00. The highest BCUT2D eigenvalue weighted by atomic mass is 32.2. The largest absolute Gasteiger partial charge is 0.399 e. The molecule has 1 nitrogen and oxygen atoms in total. The van der Waals surface area contributed by atoms with E-state index in [2.05, 4.69) is 18.2 Å². The fourth-order valence-electron chi connectivity index (χ4n) is 2.39. The summed E-state index contributed by atoms with van der Waals surface area (Å²) in [6, 6.07) is 11.2. The Morgan fingerprint density at radius 1 is 0.944 bits per heavy atom. The second kappa shape index (κ2) is 4.65. The van der Waals surface area contributed by atoms with Crippen LogP contribution >= 0.6 is 11.8 Å². The molecule has 0 radical (unpaired) electrons. The fourth-order valence-corrected chi connectivity index (χ4v) is 3.37. The first-order valence-corrected chi connectivity index (χ1v) is 6.88. The van der Waals surface area contributed by atoms with Crippen molar-refractivity contribution in [2.75, 3.05) is 5.73 Å². The van der Waals surface area contributed by atoms with Crippen LogP contribution in [-0.4, -0.2) is 0 Å². The predicted octanol–water partition coefficient (Wildman–Crippen LogP) is 4.05. The van der Waals surface area contributed by atoms with E-state index >= 15 is 0 Å². The van der Waals surface area contributed by atoms with Crippen LogP contribution in [0.1, 0.15) is 17.5 Å². The van der Waals surface area contributed by atoms with Crippen LogP contribution in [0.4, 0.5) is 10.1 Å². The molecule has 3 heteroatoms. The lowest BCUT2D eigenvalue weighted by atomic mass is 10.1. The highest BCUT2D eigenvalue weighted by Crippen LogP contribution is 2.33. The van der Waals surface area contributed by atoms with Gasteiger partial charge in [0, 0.05) is 15.5 Å². The fraction of sp³-hybridized carbons (Fsp3) is 0.200. The third kappa shape index (κ3) is 2.36. The summed E-state index contributed by atoms with van der Waals surface area (Å²) < 4.78 is 13.3. The van der Waals surface area contributed by atoms with E-state index in [0.717, 1.165) is 16.2 Å². The third-order valence-electron chi connectivity index (χ3n) is 3.20. The molecule has 0 amide bonds. The zero-order valence-electron chi connectivity index (χ0n) is 9.95. The molecule has 2 aromatic carbocycles. The average molecular weight is 259 g/mol. The van der Waals surface area contributed by atoms with Gasteiger partial charge in [-0.3, -0.25) is 0 Å². The number of benzene rings is 2. The molecule has 3 rings (SSSR count). The molecular formula is C15H14FNS. The number of hydrogen-bond donors (Lipinski definition) is 1. The van der Waals surface area contributed by atoms with E-state index in [4.69, 9.17) is 5.73 Å². The molecule has 1 aliphatic carbocycles. The van der Waals surface area contributed by atoms with Gasteiger partial charge < -0.3 is 5.73 Å². The quantitative estimate of drug-likeness (QED) is 0.823. The van der Waals surface area contributed by atoms with Crippen molar-refractivity contribution >= 4 is 17.4 Å². The summed E-state index contributed by atoms with van der Waals surface area (Å²) in [6.45, 7) is 0. The van der Waals surface area contributed by atoms with E-state index in [1.54, 1.807) is 17.8 Å². The molecule has 0 aromatic heterocycles. The minimum Gasteiger partial charge on any atom is -0.399 e. The van der Waals surface area contributed by atoms with Crippen molar-refractivity contribution in [1.82, 2.24) is 0 Å². The van der Waals surface area contributed by atoms with E-state index in [9.17, 15) is 4.39 Å². The zero-order valence-corrected chi connectivity index (χ0v) is 10.8. The summed E-state index contributed by atoms with van der Waals surface area (Å²) >= 11 is 1.56. The maximum Gasteiger partial charge on any atom is 0.126 e. The van der Waals surface area contributed by atoms with Gasteiger partial charge in [-0.15, -0.1) is 0 Å². The molecule has 0 unspecified atom stereocenters. The Bertz CT molecular complexity index is 575. The zero-order chi connectivity index (χ0) is 12.5. The summed E-state index contributed by atoms with van der Waals surface area (Å²) in [5, 5.41) is 0. The normalized spacial score (nSPS) is 13.6. The lowest BCUT2D eigenvalue weighted by Gasteiger charge is -2.06. The van der Waals surface area contributed by atoms with E-state index < -0.39 is 0 Å². The van der Waals surface area contributed by atoms with Crippen LogP contribution in [0.5, 0.6) is 0 Å². The Morgan fingerprint density at radius 2 is 1.78 bits per heavy atom. The molecule has 92 valence electrons. The van der Waals surface area contributed by atoms with Gasteiger partial charge in [-0.05, 0) is 60.7 Å². The second-order valence-corrected chi connectivity index (χ2v) is 5.75. The molecule has 18 heavy (non-hydrogen) atoms. The van der Waals surface area contributed by atoms with Crippen LogP contribution < -0.4 is 5.73 Å². The monoisotopic (exact) mass is 259 g/mol. The Balaban J connectivity index is 1.88. The first-order valence-electron chi connectivity index (χ1n) is 6.06. The van der Waals surface area contributed by atoms with E-state index in [1.165, 1.54) is 36.1 Å². The number of nitrogen functional groups attached to an aromatic ring is 1. The molecule has 0 saturated carbocycles. The van der Waals surface area contributed by atoms with Gasteiger partial charge >= 0.3 is 0 Å². The first kappa shape index (κ1) is 11.6. The van der Waals surface area contributed by atoms with E-state index in [0.29, 0.717) is 5.69 Å². The van der Waals surface area contributed by atoms with Crippen LogP contribution in [0.3, 0.4) is 0 Å². The van der Waals surface area contributed by atoms with Gasteiger partial charge in [0.05, 0.1) is 0 Å². The van der Waals surface area contributed by atoms with Gasteiger partial charge in [0.1, 0.15) is 5.82 Å². The van der Waals surface area contributed by atoms with Crippen LogP contribution in [0.25, 0.3) is 0 Å². The lowest BCUT2D eigenvalue weighted by Crippen LogP contribution is -1.87. The number of rotatable bonds is 2. The molecule has 0 saturated heterocycles. The standard InChI is InChI=1S/C15H14FNS/c16-12-7-13(17)9-15(8-12)18-14-5-4-10-2-1-3-11(10)6-14/h4-9H,1-3,17H2. The van der Waals surface area contributed by atoms with Gasteiger partial charge in [-0.2, -0.15) is 0 Å². The van der Waals surface area contributed by atoms with Gasteiger partial charge in [0.15, 0.2) is 0 Å². The summed E-state index contributed by atoms with van der Waals surface area (Å²) in [5.41, 5.74) is 9.01. The average Bonchev–Trinajstić information content (AvgIpc) is 2.74. The van der Waals surface area contributed by atoms with Crippen LogP contribution in [-0.2, 0) is 12.8 Å². The molecule has 2 aromatic rings. The molecule has 0 heterocycles. The summed E-state index contributed by atoms with van der Waals surface area (Å²) in [7, 11) is 0. The highest BCUT2D eigenvalue weighted by molar-refractivity contribution is 7.99. The number of halogens is 1. The number of nitrogens with two attached hydrogens (primary N) is 1. The van der Waals surface area contributed by atoms with Crippen molar-refractivity contribution in [2.45, 2.75) is 29.1 Å². The Labute approximate surface area is 110 Å². The smallest absolute Gasteiger partial charge is 0.126 e. The minimum absolute atomic E-state index is 0.279. The Morgan fingerprint density at radius 3 is 2.61 bits per heavy atom. The molecule has 2 N–H and O–H groups in total. The molecule has 0 spiro atoms. The molecule has 0 bridgehead atoms. The van der Waals surface area contributed by atoms with E-state index in [-0.39, 0.29) is 5.82 Å². The van der Waals surface area contributed by atoms with Crippen LogP contribution in [0.2, 0.25) is 0 Å². The second-order valence-electron chi connectivity index (χ2n) is 4.61. The molecule has 1 aliphatic rings. The van der Waals surface area contributed by atoms with Gasteiger partial charge in [0.2, 0.25) is 0 Å². The minimum atomic E-state index is -0.279. The Hall–Kier alpha value is -1.48. The molecular weight excluding hydrogens is 245 g/mol. The van der Waals surface area contributed by atoms with E-state index in [1.807, 2.05) is 0 Å². The lowest BCUT2D eigenvalue weighted by molar-refractivity contribution is 0.625. The van der Waals surface area contributed by atoms with Gasteiger partial charge in [0.25, 0.3) is 0 Å². The number of hydrogen-bond acceptors (Lipinski definition) is 2. The van der Waals surface area contributed by atoms with Crippen molar-refractivity contribution in [2.24, 2.45) is 0 Å². The summed E-state index contributed by atoms with van der Waals surface area (Å²) in [6.07, 6.45) is 3.60. The van der Waals surface area contributed by atoms with Crippen LogP contribution in [0, 0.1) is 5.82 Å². The molecule has 0 aliphatic heterocycles. The maximum atomic E-state index is 13.3. The van der Waals surface area contributed by atoms with Crippen molar-refractivity contribution in [1.29, 1.82) is 0 Å². The summed E-state index contributed by atoms with van der Waals surface area (Å²) in [5.74, 6) is -0.279. The van der Waals surface area contributed by atoms with Crippen molar-refractivity contribution in [3.8, 4) is 0 Å². The SMILES string of the molecule is Nc1cc(F)cc(Sc2ccc3c(c2)CCC3)c1. The van der Waals surface area contributed by atoms with Gasteiger partial charge in [-0.1, -0.05) is 17.8 Å². The predicted molar refractivity (Wildman–Crippen MR) is 73.4 cm³/mol. The number of aryl methyl sites for hydroxylation is 2. The van der Waals surface area contributed by atoms with Gasteiger partial charge in [-0.25, -0.2) is 4.39 Å². The third-order valence-corrected chi connectivity index (χ3v) is 4.16. The summed E-state index contributed by atoms with van der Waals surface area (Å²) in [4.78, 5) is 2.01. The van der Waals surface area contributed by atoms with Crippen LogP contribution in [0.15, 0.2) is 46.2 Å². The number of anilines is 1. The van der Waals surface area contributed by atoms with Crippen molar-refractivity contribution in [3.63, 3.8) is 0 Å². The van der Waals surface area contributed by atoms with Crippen molar-refractivity contribution in [3.05, 3.63) is 53.3 Å². The first-order chi connectivity index (χ1) is 8.70. The molecule has 0 atom stereocenters. The topological polar surface area (TPSA) is 26.0 Å².